The molecule has 0 fully saturated rings. The van der Waals surface area contributed by atoms with Gasteiger partial charge in [0.15, 0.2) is 5.82 Å². The molecule has 6 heteroatoms. The monoisotopic (exact) mass is 733 g/mol. The van der Waals surface area contributed by atoms with E-state index in [0.717, 1.165) is 71.1 Å². The largest absolute Gasteiger partial charge is 0.309 e. The topological polar surface area (TPSA) is 53.5 Å². The molecule has 0 atom stereocenters. The highest BCUT2D eigenvalue weighted by molar-refractivity contribution is 6.11. The number of rotatable bonds is 5. The van der Waals surface area contributed by atoms with E-state index in [1.54, 1.807) is 0 Å². The van der Waals surface area contributed by atoms with Crippen molar-refractivity contribution >= 4 is 65.4 Å². The third-order valence-corrected chi connectivity index (χ3v) is 11.0. The molecule has 12 rings (SSSR count). The van der Waals surface area contributed by atoms with Gasteiger partial charge in [0.1, 0.15) is 0 Å². The van der Waals surface area contributed by atoms with Crippen LogP contribution in [0.15, 0.2) is 194 Å². The fourth-order valence-electron chi connectivity index (χ4n) is 8.59. The third kappa shape index (κ3) is 4.74. The first-order valence-electron chi connectivity index (χ1n) is 21.3. The van der Waals surface area contributed by atoms with Crippen LogP contribution >= 0.6 is 0 Å². The van der Waals surface area contributed by atoms with E-state index in [4.69, 9.17) is 21.8 Å². The number of fused-ring (bicyclic) bond motifs is 9. The lowest BCUT2D eigenvalue weighted by Crippen LogP contribution is -2.11. The second kappa shape index (κ2) is 12.3. The molecule has 0 radical (unpaired) electrons. The minimum atomic E-state index is -0.449. The Balaban J connectivity index is 1.25. The summed E-state index contributed by atoms with van der Waals surface area (Å²) in [7, 11) is 0. The molecule has 0 aliphatic rings. The summed E-state index contributed by atoms with van der Waals surface area (Å²) >= 11 is 0. The van der Waals surface area contributed by atoms with Crippen molar-refractivity contribution in [3.63, 3.8) is 0 Å². The molecule has 0 aliphatic carbocycles. The number of para-hydroxylation sites is 6. The normalized spacial score (nSPS) is 13.1. The van der Waals surface area contributed by atoms with Gasteiger partial charge >= 0.3 is 0 Å². The molecule has 8 aromatic carbocycles. The average Bonchev–Trinajstić information content (AvgIpc) is 3.96. The molecule has 0 bridgehead atoms. The molecular weight excluding hydrogens is 697 g/mol. The van der Waals surface area contributed by atoms with E-state index in [1.165, 1.54) is 0 Å². The maximum Gasteiger partial charge on any atom is 0.240 e. The molecule has 0 saturated carbocycles. The van der Waals surface area contributed by atoms with Crippen molar-refractivity contribution in [2.45, 2.75) is 0 Å². The van der Waals surface area contributed by atoms with Crippen LogP contribution < -0.4 is 0 Å². The second-order valence-electron chi connectivity index (χ2n) is 14.1. The second-order valence-corrected chi connectivity index (χ2v) is 14.1. The van der Waals surface area contributed by atoms with E-state index in [2.05, 4.69) is 86.5 Å². The summed E-state index contributed by atoms with van der Waals surface area (Å²) in [4.78, 5) is 16.1. The van der Waals surface area contributed by atoms with E-state index in [0.29, 0.717) is 28.8 Å². The molecule has 4 aromatic heterocycles. The Morgan fingerprint density at radius 1 is 0.351 bits per heavy atom. The number of nitrogens with zero attached hydrogens (tertiary/aromatic N) is 6. The number of aromatic nitrogens is 6. The van der Waals surface area contributed by atoms with Gasteiger partial charge in [-0.3, -0.25) is 9.13 Å². The van der Waals surface area contributed by atoms with Crippen molar-refractivity contribution in [3.8, 4) is 40.1 Å². The quantitative estimate of drug-likeness (QED) is 0.177. The van der Waals surface area contributed by atoms with Crippen molar-refractivity contribution in [1.29, 1.82) is 0 Å². The predicted molar refractivity (Wildman–Crippen MR) is 234 cm³/mol. The van der Waals surface area contributed by atoms with E-state index in [1.807, 2.05) is 91.0 Å². The van der Waals surface area contributed by atoms with Crippen molar-refractivity contribution in [1.82, 2.24) is 28.7 Å². The summed E-state index contributed by atoms with van der Waals surface area (Å²) in [6.45, 7) is 0. The maximum absolute atomic E-state index is 9.00. The molecule has 0 saturated heterocycles. The van der Waals surface area contributed by atoms with Crippen LogP contribution in [0.5, 0.6) is 0 Å². The lowest BCUT2D eigenvalue weighted by atomic mass is 10.0. The van der Waals surface area contributed by atoms with Gasteiger partial charge in [-0.2, -0.15) is 15.0 Å². The first-order valence-corrected chi connectivity index (χ1v) is 18.8. The van der Waals surface area contributed by atoms with Crippen molar-refractivity contribution in [3.05, 3.63) is 194 Å². The molecule has 6 nitrogen and oxygen atoms in total. The fourth-order valence-corrected chi connectivity index (χ4v) is 8.59. The fraction of sp³-hybridized carbons (Fsp3) is 0. The highest BCUT2D eigenvalue weighted by atomic mass is 15.3. The number of hydrogen-bond acceptors (Lipinski definition) is 3. The molecular formula is C51H32N6. The van der Waals surface area contributed by atoms with Gasteiger partial charge < -0.3 is 4.57 Å². The van der Waals surface area contributed by atoms with E-state index >= 15 is 0 Å². The lowest BCUT2D eigenvalue weighted by molar-refractivity contribution is 0.892. The summed E-state index contributed by atoms with van der Waals surface area (Å²) in [5.41, 5.74) is 7.46. The molecule has 57 heavy (non-hydrogen) atoms. The number of benzene rings is 8. The Labute approximate surface area is 334 Å². The van der Waals surface area contributed by atoms with Crippen LogP contribution in [0.1, 0.15) is 6.85 Å². The maximum atomic E-state index is 9.00. The standard InChI is InChI=1S/C51H32N6/c1-2-16-33(17-3-1)34-30-31-48(55-42-24-10-4-18-35(42)36-19-5-11-25-43(36)55)41(32-34)49-52-50(56-44-26-12-6-20-37(44)38-21-7-13-27-45(38)56)54-51(53-49)57-46-28-14-8-22-39(46)40-23-9-15-29-47(40)57/h1-32H/i1D,2D,3D,16D,17D. The van der Waals surface area contributed by atoms with Crippen LogP contribution in [0.25, 0.3) is 106 Å². The molecule has 0 N–H and O–H groups in total. The molecule has 12 aromatic rings. The third-order valence-electron chi connectivity index (χ3n) is 11.0. The summed E-state index contributed by atoms with van der Waals surface area (Å²) in [6.07, 6.45) is 0. The average molecular weight is 734 g/mol. The molecule has 4 heterocycles. The zero-order valence-electron chi connectivity index (χ0n) is 35.3. The Morgan fingerprint density at radius 2 is 0.719 bits per heavy atom. The SMILES string of the molecule is [2H]c1c([2H])c([2H])c(-c2ccc(-n3c4ccccc4c4ccccc43)c(-c3nc(-n4c5ccccc5c5ccccc54)nc(-n4c5ccccc5c5ccccc54)n3)c2)c([2H])c1[2H]. The smallest absolute Gasteiger partial charge is 0.240 e. The van der Waals surface area contributed by atoms with E-state index in [9.17, 15) is 0 Å². The first kappa shape index (κ1) is 26.9. The van der Waals surface area contributed by atoms with E-state index in [-0.39, 0.29) is 17.6 Å². The lowest BCUT2D eigenvalue weighted by Gasteiger charge is -2.17. The van der Waals surface area contributed by atoms with Crippen LogP contribution in [0.2, 0.25) is 0 Å². The van der Waals surface area contributed by atoms with Gasteiger partial charge in [-0.15, -0.1) is 0 Å². The van der Waals surface area contributed by atoms with Crippen LogP contribution in [0.4, 0.5) is 0 Å². The Hall–Kier alpha value is -7.83. The first-order chi connectivity index (χ1) is 30.4. The van der Waals surface area contributed by atoms with Crippen LogP contribution in [0, 0.1) is 0 Å². The van der Waals surface area contributed by atoms with Gasteiger partial charge in [0.25, 0.3) is 0 Å². The van der Waals surface area contributed by atoms with Gasteiger partial charge in [0, 0.05) is 37.9 Å². The minimum Gasteiger partial charge on any atom is -0.309 e. The van der Waals surface area contributed by atoms with Gasteiger partial charge in [-0.1, -0.05) is 145 Å². The minimum absolute atomic E-state index is 0.0883. The van der Waals surface area contributed by atoms with Crippen molar-refractivity contribution < 1.29 is 6.85 Å². The Bertz CT molecular complexity index is 3520. The summed E-state index contributed by atoms with van der Waals surface area (Å²) in [5.74, 6) is 1.12. The Kier molecular flexibility index (Phi) is 5.82. The summed E-state index contributed by atoms with van der Waals surface area (Å²) in [6, 6.07) is 53.1. The van der Waals surface area contributed by atoms with Gasteiger partial charge in [0.2, 0.25) is 11.9 Å². The highest BCUT2D eigenvalue weighted by Gasteiger charge is 2.23. The Morgan fingerprint density at radius 3 is 1.12 bits per heavy atom. The van der Waals surface area contributed by atoms with Crippen molar-refractivity contribution in [2.75, 3.05) is 0 Å². The zero-order valence-corrected chi connectivity index (χ0v) is 30.3. The predicted octanol–water partition coefficient (Wildman–Crippen LogP) is 12.5. The van der Waals surface area contributed by atoms with Gasteiger partial charge in [0.05, 0.1) is 45.6 Å². The van der Waals surface area contributed by atoms with Crippen LogP contribution in [-0.2, 0) is 0 Å². The molecule has 266 valence electrons. The van der Waals surface area contributed by atoms with Gasteiger partial charge in [-0.25, -0.2) is 0 Å². The van der Waals surface area contributed by atoms with Crippen molar-refractivity contribution in [2.24, 2.45) is 0 Å². The summed E-state index contributed by atoms with van der Waals surface area (Å²) in [5, 5.41) is 6.35. The molecule has 0 amide bonds. The van der Waals surface area contributed by atoms with Crippen LogP contribution in [0.3, 0.4) is 0 Å². The summed E-state index contributed by atoms with van der Waals surface area (Å²) < 4.78 is 49.8. The number of hydrogen-bond donors (Lipinski definition) is 0. The molecule has 0 spiro atoms. The molecule has 0 unspecified atom stereocenters. The zero-order chi connectivity index (χ0) is 41.8. The highest BCUT2D eigenvalue weighted by Crippen LogP contribution is 2.39. The van der Waals surface area contributed by atoms with E-state index < -0.39 is 18.1 Å². The van der Waals surface area contributed by atoms with Gasteiger partial charge in [-0.05, 0) is 59.7 Å². The van der Waals surface area contributed by atoms with Crippen LogP contribution in [-0.4, -0.2) is 28.7 Å². The molecule has 0 aliphatic heterocycles.